The maximum absolute atomic E-state index is 13.6. The summed E-state index contributed by atoms with van der Waals surface area (Å²) in [6, 6.07) is 17.0. The number of hydrogen-bond acceptors (Lipinski definition) is 5. The van der Waals surface area contributed by atoms with Crippen molar-refractivity contribution in [3.63, 3.8) is 0 Å². The van der Waals surface area contributed by atoms with Crippen LogP contribution in [0.3, 0.4) is 0 Å². The number of benzene rings is 2. The molecule has 162 valence electrons. The van der Waals surface area contributed by atoms with E-state index in [1.165, 1.54) is 12.1 Å². The summed E-state index contributed by atoms with van der Waals surface area (Å²) in [6.07, 6.45) is 2.68. The van der Waals surface area contributed by atoms with Gasteiger partial charge in [-0.1, -0.05) is 47.6 Å². The number of aromatic nitrogens is 4. The molecule has 1 aliphatic carbocycles. The number of amides is 1. The fourth-order valence-corrected chi connectivity index (χ4v) is 3.68. The Balaban J connectivity index is 1.42. The minimum Gasteiger partial charge on any atom is -0.339 e. The fraction of sp³-hybridized carbons (Fsp3) is 0.250. The van der Waals surface area contributed by atoms with E-state index in [4.69, 9.17) is 4.52 Å². The van der Waals surface area contributed by atoms with Crippen molar-refractivity contribution in [2.45, 2.75) is 31.2 Å². The van der Waals surface area contributed by atoms with Crippen LogP contribution in [0.1, 0.15) is 52.4 Å². The fourth-order valence-electron chi connectivity index (χ4n) is 3.68. The molecule has 2 heterocycles. The topological polar surface area (TPSA) is 85.8 Å². The van der Waals surface area contributed by atoms with Gasteiger partial charge in [0.15, 0.2) is 0 Å². The Bertz CT molecular complexity index is 1250. The first-order valence-corrected chi connectivity index (χ1v) is 10.5. The van der Waals surface area contributed by atoms with Crippen LogP contribution in [0.2, 0.25) is 0 Å². The summed E-state index contributed by atoms with van der Waals surface area (Å²) in [6.45, 7) is 0. The van der Waals surface area contributed by atoms with Gasteiger partial charge in [-0.2, -0.15) is 10.1 Å². The molecule has 1 fully saturated rings. The largest absolute Gasteiger partial charge is 0.339 e. The van der Waals surface area contributed by atoms with Gasteiger partial charge in [-0.25, -0.2) is 4.39 Å². The predicted octanol–water partition coefficient (Wildman–Crippen LogP) is 4.20. The lowest BCUT2D eigenvalue weighted by atomic mass is 10.1. The van der Waals surface area contributed by atoms with E-state index < -0.39 is 6.04 Å². The zero-order valence-corrected chi connectivity index (χ0v) is 17.5. The molecular weight excluding hydrogens is 409 g/mol. The first-order valence-electron chi connectivity index (χ1n) is 10.5. The molecule has 1 amide bonds. The Morgan fingerprint density at radius 1 is 1.19 bits per heavy atom. The number of hydrogen-bond donors (Lipinski definition) is 1. The Labute approximate surface area is 184 Å². The van der Waals surface area contributed by atoms with Crippen molar-refractivity contribution in [1.29, 1.82) is 0 Å². The number of nitrogens with zero attached hydrogens (tertiary/aromatic N) is 4. The van der Waals surface area contributed by atoms with Crippen LogP contribution in [0.5, 0.6) is 0 Å². The molecule has 4 aromatic rings. The molecule has 0 radical (unpaired) electrons. The van der Waals surface area contributed by atoms with Gasteiger partial charge in [0.25, 0.3) is 5.91 Å². The van der Waals surface area contributed by atoms with Gasteiger partial charge in [-0.3, -0.25) is 9.48 Å². The highest BCUT2D eigenvalue weighted by Gasteiger charge is 2.29. The quantitative estimate of drug-likeness (QED) is 0.474. The molecule has 7 nitrogen and oxygen atoms in total. The van der Waals surface area contributed by atoms with Crippen LogP contribution < -0.4 is 5.32 Å². The van der Waals surface area contributed by atoms with Crippen LogP contribution in [-0.4, -0.2) is 25.8 Å². The summed E-state index contributed by atoms with van der Waals surface area (Å²) in [5.41, 5.74) is 2.94. The molecule has 1 saturated carbocycles. The van der Waals surface area contributed by atoms with E-state index >= 15 is 0 Å². The second-order valence-electron chi connectivity index (χ2n) is 8.03. The normalized spacial score (nSPS) is 14.3. The lowest BCUT2D eigenvalue weighted by Crippen LogP contribution is -2.31. The minimum absolute atomic E-state index is 0.256. The molecule has 0 bridgehead atoms. The number of halogens is 1. The van der Waals surface area contributed by atoms with Gasteiger partial charge in [0.1, 0.15) is 17.6 Å². The molecule has 5 rings (SSSR count). The number of carbonyl (C=O) groups excluding carboxylic acids is 1. The average Bonchev–Trinajstić information content (AvgIpc) is 3.38. The molecule has 0 aliphatic heterocycles. The third-order valence-electron chi connectivity index (χ3n) is 5.54. The summed E-state index contributed by atoms with van der Waals surface area (Å²) in [5.74, 6) is 0.325. The van der Waals surface area contributed by atoms with Crippen LogP contribution >= 0.6 is 0 Å². The van der Waals surface area contributed by atoms with E-state index in [9.17, 15) is 9.18 Å². The van der Waals surface area contributed by atoms with Gasteiger partial charge in [0.2, 0.25) is 11.7 Å². The van der Waals surface area contributed by atoms with Gasteiger partial charge in [-0.15, -0.1) is 0 Å². The lowest BCUT2D eigenvalue weighted by molar-refractivity contribution is 0.0918. The van der Waals surface area contributed by atoms with E-state index in [1.807, 2.05) is 36.4 Å². The summed E-state index contributed by atoms with van der Waals surface area (Å²) in [4.78, 5) is 17.6. The Hall–Kier alpha value is -3.81. The summed E-state index contributed by atoms with van der Waals surface area (Å²) in [7, 11) is 1.77. The van der Waals surface area contributed by atoms with Gasteiger partial charge in [0, 0.05) is 24.9 Å². The molecule has 0 saturated heterocycles. The van der Waals surface area contributed by atoms with Crippen molar-refractivity contribution >= 4 is 5.91 Å². The van der Waals surface area contributed by atoms with Crippen LogP contribution in [0.4, 0.5) is 4.39 Å². The van der Waals surface area contributed by atoms with E-state index in [0.717, 1.165) is 24.1 Å². The van der Waals surface area contributed by atoms with E-state index in [-0.39, 0.29) is 23.4 Å². The molecule has 1 aliphatic rings. The molecule has 8 heteroatoms. The maximum atomic E-state index is 13.6. The molecule has 1 atom stereocenters. The van der Waals surface area contributed by atoms with Crippen molar-refractivity contribution < 1.29 is 13.7 Å². The highest BCUT2D eigenvalue weighted by Crippen LogP contribution is 2.39. The van der Waals surface area contributed by atoms with Gasteiger partial charge >= 0.3 is 0 Å². The zero-order valence-electron chi connectivity index (χ0n) is 17.5. The molecule has 0 spiro atoms. The van der Waals surface area contributed by atoms with Crippen LogP contribution in [-0.2, 0) is 13.5 Å². The SMILES string of the molecule is Cn1nc(C2CC2)cc1C(=O)NC(Cc1ccccc1)c1nc(-c2cccc(F)c2)no1. The number of aryl methyl sites for hydroxylation is 1. The van der Waals surface area contributed by atoms with E-state index in [0.29, 0.717) is 23.6 Å². The summed E-state index contributed by atoms with van der Waals surface area (Å²) in [5, 5.41) is 11.5. The first-order chi connectivity index (χ1) is 15.6. The number of rotatable bonds is 7. The monoisotopic (exact) mass is 431 g/mol. The van der Waals surface area contributed by atoms with Crippen LogP contribution in [0.25, 0.3) is 11.4 Å². The molecular formula is C24H22FN5O2. The lowest BCUT2D eigenvalue weighted by Gasteiger charge is -2.15. The average molecular weight is 431 g/mol. The highest BCUT2D eigenvalue weighted by atomic mass is 19.1. The summed E-state index contributed by atoms with van der Waals surface area (Å²) >= 11 is 0. The molecule has 32 heavy (non-hydrogen) atoms. The first kappa shape index (κ1) is 20.1. The zero-order chi connectivity index (χ0) is 22.1. The Kier molecular flexibility index (Phi) is 5.26. The summed E-state index contributed by atoms with van der Waals surface area (Å²) < 4.78 is 20.7. The van der Waals surface area contributed by atoms with Gasteiger partial charge in [-0.05, 0) is 36.6 Å². The van der Waals surface area contributed by atoms with Crippen molar-refractivity contribution in [3.05, 3.63) is 89.3 Å². The standard InChI is InChI=1S/C24H22FN5O2/c1-30-21(14-19(28-30)16-10-11-16)23(31)26-20(12-15-6-3-2-4-7-15)24-27-22(29-32-24)17-8-5-9-18(25)13-17/h2-9,13-14,16,20H,10-12H2,1H3,(H,26,31). The highest BCUT2D eigenvalue weighted by molar-refractivity contribution is 5.93. The van der Waals surface area contributed by atoms with Crippen molar-refractivity contribution in [3.8, 4) is 11.4 Å². The van der Waals surface area contributed by atoms with Gasteiger partial charge in [0.05, 0.1) is 5.69 Å². The molecule has 2 aromatic carbocycles. The predicted molar refractivity (Wildman–Crippen MR) is 115 cm³/mol. The number of nitrogens with one attached hydrogen (secondary N) is 1. The van der Waals surface area contributed by atoms with Crippen molar-refractivity contribution in [1.82, 2.24) is 25.2 Å². The van der Waals surface area contributed by atoms with Crippen molar-refractivity contribution in [2.24, 2.45) is 7.05 Å². The van der Waals surface area contributed by atoms with Crippen molar-refractivity contribution in [2.75, 3.05) is 0 Å². The van der Waals surface area contributed by atoms with Crippen LogP contribution in [0.15, 0.2) is 65.2 Å². The Morgan fingerprint density at radius 2 is 2.00 bits per heavy atom. The minimum atomic E-state index is -0.556. The second kappa shape index (κ2) is 8.37. The third-order valence-corrected chi connectivity index (χ3v) is 5.54. The van der Waals surface area contributed by atoms with Crippen LogP contribution in [0, 0.1) is 5.82 Å². The third kappa shape index (κ3) is 4.30. The van der Waals surface area contributed by atoms with Gasteiger partial charge < -0.3 is 9.84 Å². The second-order valence-corrected chi connectivity index (χ2v) is 8.03. The molecule has 2 aromatic heterocycles. The van der Waals surface area contributed by atoms with E-state index in [2.05, 4.69) is 20.6 Å². The number of carbonyl (C=O) groups is 1. The van der Waals surface area contributed by atoms with E-state index in [1.54, 1.807) is 23.9 Å². The smallest absolute Gasteiger partial charge is 0.270 e. The molecule has 1 N–H and O–H groups in total. The Morgan fingerprint density at radius 3 is 2.75 bits per heavy atom. The maximum Gasteiger partial charge on any atom is 0.270 e. The molecule has 1 unspecified atom stereocenters.